The zero-order chi connectivity index (χ0) is 21.8. The Bertz CT molecular complexity index is 1290. The lowest BCUT2D eigenvalue weighted by Crippen LogP contribution is -2.14. The third kappa shape index (κ3) is 4.64. The number of sulfonamides is 1. The Morgan fingerprint density at radius 3 is 2.32 bits per heavy atom. The van der Waals surface area contributed by atoms with Gasteiger partial charge in [0.15, 0.2) is 0 Å². The number of rotatable bonds is 8. The van der Waals surface area contributed by atoms with Gasteiger partial charge in [0.1, 0.15) is 5.82 Å². The van der Waals surface area contributed by atoms with Crippen molar-refractivity contribution >= 4 is 26.7 Å². The van der Waals surface area contributed by atoms with Gasteiger partial charge >= 0.3 is 0 Å². The van der Waals surface area contributed by atoms with E-state index in [-0.39, 0.29) is 4.90 Å². The molecule has 1 heterocycles. The largest absolute Gasteiger partial charge is 0.331 e. The van der Waals surface area contributed by atoms with Crippen molar-refractivity contribution in [2.75, 3.05) is 4.72 Å². The summed E-state index contributed by atoms with van der Waals surface area (Å²) in [6.07, 6.45) is 3.38. The van der Waals surface area contributed by atoms with Crippen molar-refractivity contribution in [3.05, 3.63) is 89.7 Å². The smallest absolute Gasteiger partial charge is 0.261 e. The lowest BCUT2D eigenvalue weighted by molar-refractivity contribution is 0.601. The lowest BCUT2D eigenvalue weighted by Gasteiger charge is -2.13. The topological polar surface area (TPSA) is 64.0 Å². The zero-order valence-electron chi connectivity index (χ0n) is 17.9. The number of benzene rings is 3. The van der Waals surface area contributed by atoms with E-state index in [4.69, 9.17) is 4.98 Å². The van der Waals surface area contributed by atoms with E-state index >= 15 is 0 Å². The molecule has 0 unspecified atom stereocenters. The highest BCUT2D eigenvalue weighted by Crippen LogP contribution is 2.23. The number of nitrogens with zero attached hydrogens (tertiary/aromatic N) is 2. The van der Waals surface area contributed by atoms with Crippen LogP contribution in [0.3, 0.4) is 0 Å². The molecule has 0 amide bonds. The second-order valence-corrected chi connectivity index (χ2v) is 9.41. The Kier molecular flexibility index (Phi) is 6.09. The summed E-state index contributed by atoms with van der Waals surface area (Å²) in [6.45, 7) is 2.11. The predicted octanol–water partition coefficient (Wildman–Crippen LogP) is 5.11. The second kappa shape index (κ2) is 8.94. The van der Waals surface area contributed by atoms with Crippen LogP contribution < -0.4 is 4.72 Å². The Morgan fingerprint density at radius 1 is 0.871 bits per heavy atom. The molecule has 6 heteroatoms. The van der Waals surface area contributed by atoms with Crippen LogP contribution in [0.5, 0.6) is 0 Å². The fraction of sp³-hybridized carbons (Fsp3) is 0.240. The number of aromatic nitrogens is 2. The summed E-state index contributed by atoms with van der Waals surface area (Å²) in [5.74, 6) is 0.977. The van der Waals surface area contributed by atoms with Crippen molar-refractivity contribution in [2.24, 2.45) is 7.05 Å². The molecule has 0 aliphatic heterocycles. The molecule has 0 aliphatic rings. The average molecular weight is 434 g/mol. The zero-order valence-corrected chi connectivity index (χ0v) is 18.7. The first-order valence-electron chi connectivity index (χ1n) is 10.6. The maximum atomic E-state index is 12.9. The molecule has 3 aromatic carbocycles. The van der Waals surface area contributed by atoms with Gasteiger partial charge in [-0.25, -0.2) is 13.4 Å². The number of anilines is 1. The van der Waals surface area contributed by atoms with Crippen LogP contribution in [-0.4, -0.2) is 18.0 Å². The number of aryl methyl sites for hydroxylation is 4. The molecule has 4 aromatic rings. The molecule has 5 nitrogen and oxygen atoms in total. The van der Waals surface area contributed by atoms with Crippen molar-refractivity contribution in [2.45, 2.75) is 37.5 Å². The van der Waals surface area contributed by atoms with Crippen molar-refractivity contribution in [3.63, 3.8) is 0 Å². The van der Waals surface area contributed by atoms with E-state index < -0.39 is 10.0 Å². The number of para-hydroxylation sites is 3. The van der Waals surface area contributed by atoms with Gasteiger partial charge in [-0.3, -0.25) is 4.72 Å². The normalized spacial score (nSPS) is 11.7. The van der Waals surface area contributed by atoms with Gasteiger partial charge in [-0.2, -0.15) is 0 Å². The summed E-state index contributed by atoms with van der Waals surface area (Å²) >= 11 is 0. The van der Waals surface area contributed by atoms with E-state index in [0.717, 1.165) is 47.2 Å². The van der Waals surface area contributed by atoms with Crippen LogP contribution >= 0.6 is 0 Å². The lowest BCUT2D eigenvalue weighted by atomic mass is 10.1. The quantitative estimate of drug-likeness (QED) is 0.420. The number of hydrogen-bond acceptors (Lipinski definition) is 3. The number of hydrogen-bond donors (Lipinski definition) is 1. The van der Waals surface area contributed by atoms with Crippen LogP contribution in [0.15, 0.2) is 77.7 Å². The standard InChI is InChI=1S/C25H27N3O2S/c1-3-8-19-13-16-21(17-14-19)31(29,30)27-22-10-5-4-9-20(22)15-18-25-26-23-11-6-7-12-24(23)28(25)2/h4-7,9-14,16-17,27H,3,8,15,18H2,1-2H3. The third-order valence-electron chi connectivity index (χ3n) is 5.53. The van der Waals surface area contributed by atoms with Gasteiger partial charge in [-0.15, -0.1) is 0 Å². The van der Waals surface area contributed by atoms with Gasteiger partial charge in [0.2, 0.25) is 0 Å². The molecule has 0 spiro atoms. The van der Waals surface area contributed by atoms with Crippen molar-refractivity contribution in [1.82, 2.24) is 9.55 Å². The average Bonchev–Trinajstić information content (AvgIpc) is 3.09. The van der Waals surface area contributed by atoms with E-state index in [0.29, 0.717) is 12.1 Å². The minimum absolute atomic E-state index is 0.275. The van der Waals surface area contributed by atoms with Gasteiger partial charge in [0, 0.05) is 13.5 Å². The maximum Gasteiger partial charge on any atom is 0.261 e. The maximum absolute atomic E-state index is 12.9. The minimum Gasteiger partial charge on any atom is -0.331 e. The molecule has 0 saturated heterocycles. The van der Waals surface area contributed by atoms with Crippen molar-refractivity contribution in [1.29, 1.82) is 0 Å². The van der Waals surface area contributed by atoms with Gasteiger partial charge < -0.3 is 4.57 Å². The SMILES string of the molecule is CCCc1ccc(S(=O)(=O)Nc2ccccc2CCc2nc3ccccc3n2C)cc1. The first-order chi connectivity index (χ1) is 15.0. The van der Waals surface area contributed by atoms with Gasteiger partial charge in [0.05, 0.1) is 21.6 Å². The van der Waals surface area contributed by atoms with E-state index in [9.17, 15) is 8.42 Å². The number of imidazole rings is 1. The molecule has 0 saturated carbocycles. The molecule has 31 heavy (non-hydrogen) atoms. The molecule has 1 aromatic heterocycles. The van der Waals surface area contributed by atoms with E-state index in [2.05, 4.69) is 22.3 Å². The van der Waals surface area contributed by atoms with E-state index in [1.54, 1.807) is 12.1 Å². The molecule has 0 atom stereocenters. The molecule has 0 aliphatic carbocycles. The first kappa shape index (κ1) is 21.1. The van der Waals surface area contributed by atoms with Gasteiger partial charge in [-0.1, -0.05) is 55.8 Å². The fourth-order valence-corrected chi connectivity index (χ4v) is 4.93. The third-order valence-corrected chi connectivity index (χ3v) is 6.91. The van der Waals surface area contributed by atoms with Crippen molar-refractivity contribution < 1.29 is 8.42 Å². The summed E-state index contributed by atoms with van der Waals surface area (Å²) < 4.78 is 30.8. The molecular weight excluding hydrogens is 406 g/mol. The summed E-state index contributed by atoms with van der Waals surface area (Å²) in [5.41, 5.74) is 4.77. The van der Waals surface area contributed by atoms with Gasteiger partial charge in [-0.05, 0) is 54.3 Å². The minimum atomic E-state index is -3.65. The molecule has 0 bridgehead atoms. The highest BCUT2D eigenvalue weighted by molar-refractivity contribution is 7.92. The molecule has 0 radical (unpaired) electrons. The Balaban J connectivity index is 1.53. The van der Waals surface area contributed by atoms with Crippen LogP contribution in [-0.2, 0) is 36.3 Å². The summed E-state index contributed by atoms with van der Waals surface area (Å²) in [6, 6.07) is 22.7. The second-order valence-electron chi connectivity index (χ2n) is 7.73. The molecule has 4 rings (SSSR count). The highest BCUT2D eigenvalue weighted by Gasteiger charge is 2.16. The molecule has 0 fully saturated rings. The van der Waals surface area contributed by atoms with Crippen LogP contribution in [0.25, 0.3) is 11.0 Å². The van der Waals surface area contributed by atoms with E-state index in [1.807, 2.05) is 61.6 Å². The molecule has 160 valence electrons. The van der Waals surface area contributed by atoms with Crippen LogP contribution in [0.1, 0.15) is 30.3 Å². The highest BCUT2D eigenvalue weighted by atomic mass is 32.2. The Hall–Kier alpha value is -3.12. The Morgan fingerprint density at radius 2 is 1.58 bits per heavy atom. The van der Waals surface area contributed by atoms with Crippen LogP contribution in [0, 0.1) is 0 Å². The van der Waals surface area contributed by atoms with Crippen LogP contribution in [0.2, 0.25) is 0 Å². The summed E-state index contributed by atoms with van der Waals surface area (Å²) in [4.78, 5) is 5.00. The van der Waals surface area contributed by atoms with Crippen molar-refractivity contribution in [3.8, 4) is 0 Å². The summed E-state index contributed by atoms with van der Waals surface area (Å²) in [7, 11) is -1.63. The van der Waals surface area contributed by atoms with E-state index in [1.165, 1.54) is 0 Å². The molecule has 1 N–H and O–H groups in total. The van der Waals surface area contributed by atoms with Crippen LogP contribution in [0.4, 0.5) is 5.69 Å². The predicted molar refractivity (Wildman–Crippen MR) is 126 cm³/mol. The fourth-order valence-electron chi connectivity index (χ4n) is 3.83. The monoisotopic (exact) mass is 433 g/mol. The first-order valence-corrected chi connectivity index (χ1v) is 12.1. The Labute approximate surface area is 183 Å². The summed E-state index contributed by atoms with van der Waals surface area (Å²) in [5, 5.41) is 0. The number of fused-ring (bicyclic) bond motifs is 1. The number of nitrogens with one attached hydrogen (secondary N) is 1. The molecular formula is C25H27N3O2S. The van der Waals surface area contributed by atoms with Gasteiger partial charge in [0.25, 0.3) is 10.0 Å².